The van der Waals surface area contributed by atoms with Crippen LogP contribution in [0, 0.1) is 42.5 Å². The van der Waals surface area contributed by atoms with Crippen molar-refractivity contribution in [2.45, 2.75) is 19.6 Å². The van der Waals surface area contributed by atoms with Crippen LogP contribution < -0.4 is 25.0 Å². The van der Waals surface area contributed by atoms with Gasteiger partial charge in [-0.3, -0.25) is 5.10 Å². The van der Waals surface area contributed by atoms with Gasteiger partial charge in [-0.15, -0.1) is 6.42 Å². The molecule has 14 heteroatoms. The molecule has 0 amide bonds. The summed E-state index contributed by atoms with van der Waals surface area (Å²) in [6.07, 6.45) is 3.94. The number of benzene rings is 1. The number of aryl methyl sites for hydroxylation is 1. The molecular weight excluding hydrogens is 534 g/mol. The number of aromatic nitrogens is 4. The quantitative estimate of drug-likeness (QED) is 0.159. The number of aromatic amines is 1. The van der Waals surface area contributed by atoms with E-state index in [1.807, 2.05) is 13.0 Å². The highest BCUT2D eigenvalue weighted by molar-refractivity contribution is 5.57. The Kier molecular flexibility index (Phi) is 7.74. The number of nitrogens with zero attached hydrogens (tertiary/aromatic N) is 4. The van der Waals surface area contributed by atoms with E-state index in [2.05, 4.69) is 41.6 Å². The van der Waals surface area contributed by atoms with Crippen molar-refractivity contribution >= 4 is 17.5 Å². The summed E-state index contributed by atoms with van der Waals surface area (Å²) in [5.74, 6) is -3.89. The Hall–Kier alpha value is -4.77. The van der Waals surface area contributed by atoms with Crippen molar-refractivity contribution in [2.75, 3.05) is 36.4 Å². The van der Waals surface area contributed by atoms with E-state index < -0.39 is 35.1 Å². The summed E-state index contributed by atoms with van der Waals surface area (Å²) in [6.45, 7) is 4.79. The van der Waals surface area contributed by atoms with Crippen molar-refractivity contribution in [2.24, 2.45) is 0 Å². The van der Waals surface area contributed by atoms with Gasteiger partial charge < -0.3 is 29.4 Å². The number of anilines is 3. The Bertz CT molecular complexity index is 1520. The molecule has 4 aromatic rings. The highest BCUT2D eigenvalue weighted by Crippen LogP contribution is 2.31. The molecule has 0 aliphatic carbocycles. The highest BCUT2D eigenvalue weighted by atomic mass is 19.2. The molecule has 208 valence electrons. The highest BCUT2D eigenvalue weighted by Gasteiger charge is 2.25. The fraction of sp³-hybridized carbons (Fsp3) is 0.269. The predicted molar refractivity (Wildman–Crippen MR) is 135 cm³/mol. The first-order valence-electron chi connectivity index (χ1n) is 12.1. The van der Waals surface area contributed by atoms with E-state index in [4.69, 9.17) is 20.3 Å². The molecule has 0 bridgehead atoms. The van der Waals surface area contributed by atoms with Gasteiger partial charge in [0.2, 0.25) is 17.7 Å². The van der Waals surface area contributed by atoms with Gasteiger partial charge in [-0.2, -0.15) is 23.8 Å². The van der Waals surface area contributed by atoms with Crippen LogP contribution in [0.5, 0.6) is 11.8 Å². The van der Waals surface area contributed by atoms with E-state index in [1.165, 1.54) is 12.1 Å². The molecule has 40 heavy (non-hydrogen) atoms. The molecule has 1 atom stereocenters. The molecular formula is C26H23F4N7O3. The zero-order valence-corrected chi connectivity index (χ0v) is 21.1. The standard InChI is InChI=1S/C26H23F4N7O3/c1-3-18(40-25-23(29)16(27)11-17(28)24(25)30)19-5-4-15(39-19)13-38-26-33-20(32-21-10-14(2)35-36-21)12-22(34-26)37-8-6-31-7-9-37/h1,4-5,10-12,18,31H,6-9,13H2,2H3,(H2,32,33,34,35,36). The summed E-state index contributed by atoms with van der Waals surface area (Å²) in [5.41, 5.74) is 0.797. The lowest BCUT2D eigenvalue weighted by molar-refractivity contribution is 0.192. The van der Waals surface area contributed by atoms with Crippen LogP contribution in [0.3, 0.4) is 0 Å². The summed E-state index contributed by atoms with van der Waals surface area (Å²) in [5, 5.41) is 13.4. The van der Waals surface area contributed by atoms with Crippen LogP contribution in [-0.4, -0.2) is 46.3 Å². The number of terminal acetylenes is 1. The van der Waals surface area contributed by atoms with Gasteiger partial charge in [0.25, 0.3) is 0 Å². The van der Waals surface area contributed by atoms with Crippen molar-refractivity contribution in [1.82, 2.24) is 25.5 Å². The first-order valence-corrected chi connectivity index (χ1v) is 12.1. The maximum Gasteiger partial charge on any atom is 0.320 e. The fourth-order valence-electron chi connectivity index (χ4n) is 3.92. The van der Waals surface area contributed by atoms with Crippen molar-refractivity contribution in [3.63, 3.8) is 0 Å². The van der Waals surface area contributed by atoms with E-state index in [9.17, 15) is 17.6 Å². The van der Waals surface area contributed by atoms with Crippen molar-refractivity contribution in [3.05, 3.63) is 70.8 Å². The molecule has 1 aromatic carbocycles. The second-order valence-electron chi connectivity index (χ2n) is 8.73. The smallest absolute Gasteiger partial charge is 0.320 e. The molecule has 0 saturated carbocycles. The first-order chi connectivity index (χ1) is 19.3. The molecule has 1 fully saturated rings. The number of nitrogens with one attached hydrogen (secondary N) is 3. The molecule has 0 spiro atoms. The van der Waals surface area contributed by atoms with Crippen LogP contribution in [-0.2, 0) is 6.61 Å². The molecule has 1 aliphatic rings. The minimum absolute atomic E-state index is 0.0444. The average molecular weight is 558 g/mol. The van der Waals surface area contributed by atoms with Crippen LogP contribution in [0.2, 0.25) is 0 Å². The number of hydrogen-bond donors (Lipinski definition) is 3. The van der Waals surface area contributed by atoms with Gasteiger partial charge in [-0.05, 0) is 19.1 Å². The van der Waals surface area contributed by atoms with E-state index in [1.54, 1.807) is 6.07 Å². The van der Waals surface area contributed by atoms with Crippen molar-refractivity contribution in [1.29, 1.82) is 0 Å². The zero-order valence-electron chi connectivity index (χ0n) is 21.1. The van der Waals surface area contributed by atoms with Gasteiger partial charge in [0.05, 0.1) is 5.69 Å². The molecule has 3 N–H and O–H groups in total. The van der Waals surface area contributed by atoms with Gasteiger partial charge in [0.15, 0.2) is 23.1 Å². The Morgan fingerprint density at radius 3 is 2.52 bits per heavy atom. The second-order valence-corrected chi connectivity index (χ2v) is 8.73. The third-order valence-corrected chi connectivity index (χ3v) is 5.84. The molecule has 4 heterocycles. The summed E-state index contributed by atoms with van der Waals surface area (Å²) in [4.78, 5) is 11.0. The molecule has 0 radical (unpaired) electrons. The Labute approximate surface area is 225 Å². The van der Waals surface area contributed by atoms with Crippen molar-refractivity contribution < 1.29 is 31.5 Å². The number of furan rings is 1. The fourth-order valence-corrected chi connectivity index (χ4v) is 3.92. The largest absolute Gasteiger partial charge is 0.463 e. The van der Waals surface area contributed by atoms with Gasteiger partial charge >= 0.3 is 6.01 Å². The van der Waals surface area contributed by atoms with Crippen LogP contribution in [0.1, 0.15) is 23.3 Å². The Balaban J connectivity index is 1.32. The normalized spacial score (nSPS) is 14.1. The summed E-state index contributed by atoms with van der Waals surface area (Å²) >= 11 is 0. The molecule has 3 aromatic heterocycles. The minimum atomic E-state index is -1.72. The number of ether oxygens (including phenoxy) is 2. The third kappa shape index (κ3) is 5.94. The molecule has 1 saturated heterocycles. The molecule has 10 nitrogen and oxygen atoms in total. The molecule has 1 aliphatic heterocycles. The molecule has 1 unspecified atom stereocenters. The number of hydrogen-bond acceptors (Lipinski definition) is 9. The predicted octanol–water partition coefficient (Wildman–Crippen LogP) is 4.14. The lowest BCUT2D eigenvalue weighted by atomic mass is 10.2. The second kappa shape index (κ2) is 11.5. The van der Waals surface area contributed by atoms with Crippen LogP contribution in [0.25, 0.3) is 0 Å². The number of halogens is 4. The zero-order chi connectivity index (χ0) is 28.2. The molecule has 5 rings (SSSR count). The topological polar surface area (TPSA) is 113 Å². The summed E-state index contributed by atoms with van der Waals surface area (Å²) < 4.78 is 71.7. The number of piperazine rings is 1. The maximum atomic E-state index is 14.0. The minimum Gasteiger partial charge on any atom is -0.463 e. The number of H-pyrrole nitrogens is 1. The lowest BCUT2D eigenvalue weighted by Gasteiger charge is -2.28. The van der Waals surface area contributed by atoms with Crippen LogP contribution in [0.4, 0.5) is 35.0 Å². The van der Waals surface area contributed by atoms with Gasteiger partial charge in [0.1, 0.15) is 29.8 Å². The Morgan fingerprint density at radius 2 is 1.85 bits per heavy atom. The van der Waals surface area contributed by atoms with Gasteiger partial charge in [-0.25, -0.2) is 8.78 Å². The van der Waals surface area contributed by atoms with E-state index in [-0.39, 0.29) is 30.2 Å². The van der Waals surface area contributed by atoms with E-state index >= 15 is 0 Å². The monoisotopic (exact) mass is 557 g/mol. The van der Waals surface area contributed by atoms with Crippen molar-refractivity contribution in [3.8, 4) is 24.1 Å². The SMILES string of the molecule is C#CC(Oc1c(F)c(F)cc(F)c1F)c1ccc(COc2nc(Nc3cc(C)n[nH]3)cc(N3CCNCC3)n2)o1. The lowest BCUT2D eigenvalue weighted by Crippen LogP contribution is -2.43. The maximum absolute atomic E-state index is 14.0. The van der Waals surface area contributed by atoms with E-state index in [0.717, 1.165) is 31.9 Å². The summed E-state index contributed by atoms with van der Waals surface area (Å²) in [6, 6.07) is 6.62. The number of rotatable bonds is 9. The van der Waals surface area contributed by atoms with Gasteiger partial charge in [0, 0.05) is 44.4 Å². The van der Waals surface area contributed by atoms with Crippen LogP contribution in [0.15, 0.2) is 34.7 Å². The summed E-state index contributed by atoms with van der Waals surface area (Å²) in [7, 11) is 0. The van der Waals surface area contributed by atoms with Crippen LogP contribution >= 0.6 is 0 Å². The third-order valence-electron chi connectivity index (χ3n) is 5.84. The Morgan fingerprint density at radius 1 is 1.10 bits per heavy atom. The van der Waals surface area contributed by atoms with Gasteiger partial charge in [-0.1, -0.05) is 5.92 Å². The van der Waals surface area contributed by atoms with E-state index in [0.29, 0.717) is 17.5 Å². The average Bonchev–Trinajstić information content (AvgIpc) is 3.60. The first kappa shape index (κ1) is 26.8.